The van der Waals surface area contributed by atoms with Gasteiger partial charge in [0.1, 0.15) is 0 Å². The molecule has 0 aromatic rings. The van der Waals surface area contributed by atoms with Crippen molar-refractivity contribution < 1.29 is 4.79 Å². The molecule has 64 valence electrons. The van der Waals surface area contributed by atoms with Crippen LogP contribution in [0.3, 0.4) is 0 Å². The molecule has 1 saturated heterocycles. The van der Waals surface area contributed by atoms with E-state index in [2.05, 4.69) is 13.8 Å². The summed E-state index contributed by atoms with van der Waals surface area (Å²) in [4.78, 5) is 12.3. The normalized spacial score (nSPS) is 25.7. The van der Waals surface area contributed by atoms with E-state index in [-0.39, 0.29) is 0 Å². The van der Waals surface area contributed by atoms with E-state index < -0.39 is 0 Å². The molecule has 1 heterocycles. The average Bonchev–Trinajstić information content (AvgIpc) is 2.05. The molecule has 1 fully saturated rings. The van der Waals surface area contributed by atoms with Crippen LogP contribution in [0.4, 0.5) is 0 Å². The van der Waals surface area contributed by atoms with E-state index in [1.165, 1.54) is 0 Å². The zero-order valence-electron chi connectivity index (χ0n) is 7.12. The number of carbonyl (C=O) groups excluding carboxylic acids is 1. The number of rotatable bonds is 2. The lowest BCUT2D eigenvalue weighted by atomic mass is 10.1. The van der Waals surface area contributed by atoms with Crippen LogP contribution >= 0.6 is 11.8 Å². The lowest BCUT2D eigenvalue weighted by Crippen LogP contribution is -2.38. The van der Waals surface area contributed by atoms with Crippen LogP contribution in [-0.4, -0.2) is 35.4 Å². The van der Waals surface area contributed by atoms with Gasteiger partial charge in [-0.3, -0.25) is 4.79 Å². The second-order valence-corrected chi connectivity index (χ2v) is 4.60. The highest BCUT2D eigenvalue weighted by Crippen LogP contribution is 2.23. The first-order chi connectivity index (χ1) is 5.24. The predicted octanol–water partition coefficient (Wildman–Crippen LogP) is 1.22. The minimum absolute atomic E-state index is 0.647. The van der Waals surface area contributed by atoms with Gasteiger partial charge in [0, 0.05) is 24.1 Å². The molecule has 3 heteroatoms. The van der Waals surface area contributed by atoms with Gasteiger partial charge in [0.2, 0.25) is 6.41 Å². The van der Waals surface area contributed by atoms with Crippen LogP contribution in [0, 0.1) is 5.92 Å². The molecule has 0 bridgehead atoms. The van der Waals surface area contributed by atoms with Crippen molar-refractivity contribution in [2.24, 2.45) is 5.92 Å². The molecule has 0 saturated carbocycles. The smallest absolute Gasteiger partial charge is 0.209 e. The summed E-state index contributed by atoms with van der Waals surface area (Å²) in [7, 11) is 0. The molecule has 11 heavy (non-hydrogen) atoms. The second-order valence-electron chi connectivity index (χ2n) is 3.25. The summed E-state index contributed by atoms with van der Waals surface area (Å²) in [5.74, 6) is 1.78. The fraction of sp³-hybridized carbons (Fsp3) is 0.875. The summed E-state index contributed by atoms with van der Waals surface area (Å²) >= 11 is 1.99. The summed E-state index contributed by atoms with van der Waals surface area (Å²) in [6, 6.07) is 0. The number of nitrogens with zero attached hydrogens (tertiary/aromatic N) is 1. The average molecular weight is 173 g/mol. The van der Waals surface area contributed by atoms with Crippen LogP contribution in [0.1, 0.15) is 13.8 Å². The van der Waals surface area contributed by atoms with Crippen molar-refractivity contribution in [3.05, 3.63) is 0 Å². The lowest BCUT2D eigenvalue weighted by Gasteiger charge is -2.31. The highest BCUT2D eigenvalue weighted by molar-refractivity contribution is 8.00. The third kappa shape index (κ3) is 2.40. The van der Waals surface area contributed by atoms with E-state index in [4.69, 9.17) is 0 Å². The van der Waals surface area contributed by atoms with Gasteiger partial charge in [-0.15, -0.1) is 0 Å². The zero-order valence-corrected chi connectivity index (χ0v) is 7.93. The Hall–Kier alpha value is -0.180. The molecule has 1 aliphatic heterocycles. The molecule has 0 aromatic heterocycles. The number of carbonyl (C=O) groups is 1. The van der Waals surface area contributed by atoms with Gasteiger partial charge in [-0.2, -0.15) is 11.8 Å². The topological polar surface area (TPSA) is 20.3 Å². The molecule has 1 unspecified atom stereocenters. The Labute approximate surface area is 72.3 Å². The van der Waals surface area contributed by atoms with Crippen LogP contribution in [-0.2, 0) is 4.79 Å². The first-order valence-electron chi connectivity index (χ1n) is 4.05. The molecule has 1 aliphatic rings. The Balaban J connectivity index is 2.39. The standard InChI is InChI=1S/C8H15NOS/c1-7(2)8-5-9(6-10)3-4-11-8/h6-8H,3-5H2,1-2H3. The molecule has 2 nitrogen and oxygen atoms in total. The van der Waals surface area contributed by atoms with Crippen LogP contribution in [0.25, 0.3) is 0 Å². The highest BCUT2D eigenvalue weighted by Gasteiger charge is 2.21. The summed E-state index contributed by atoms with van der Waals surface area (Å²) in [6.07, 6.45) is 0.967. The number of hydrogen-bond acceptors (Lipinski definition) is 2. The van der Waals surface area contributed by atoms with Crippen LogP contribution in [0.5, 0.6) is 0 Å². The van der Waals surface area contributed by atoms with E-state index >= 15 is 0 Å². The third-order valence-electron chi connectivity index (χ3n) is 2.02. The van der Waals surface area contributed by atoms with E-state index in [0.29, 0.717) is 11.2 Å². The monoisotopic (exact) mass is 173 g/mol. The van der Waals surface area contributed by atoms with Crippen LogP contribution in [0.2, 0.25) is 0 Å². The molecular weight excluding hydrogens is 158 g/mol. The van der Waals surface area contributed by atoms with Gasteiger partial charge >= 0.3 is 0 Å². The van der Waals surface area contributed by atoms with Crippen molar-refractivity contribution in [1.82, 2.24) is 4.90 Å². The molecule has 0 spiro atoms. The van der Waals surface area contributed by atoms with E-state index in [0.717, 1.165) is 25.3 Å². The molecule has 0 aromatic carbocycles. The van der Waals surface area contributed by atoms with Gasteiger partial charge in [-0.05, 0) is 5.92 Å². The Bertz CT molecular complexity index is 138. The van der Waals surface area contributed by atoms with E-state index in [1.54, 1.807) is 0 Å². The van der Waals surface area contributed by atoms with Crippen molar-refractivity contribution in [2.45, 2.75) is 19.1 Å². The molecular formula is C8H15NOS. The second kappa shape index (κ2) is 4.00. The summed E-state index contributed by atoms with van der Waals surface area (Å²) in [6.45, 7) is 6.29. The van der Waals surface area contributed by atoms with Gasteiger partial charge in [-0.1, -0.05) is 13.8 Å². The van der Waals surface area contributed by atoms with Gasteiger partial charge < -0.3 is 4.90 Å². The van der Waals surface area contributed by atoms with Crippen molar-refractivity contribution >= 4 is 18.2 Å². The summed E-state index contributed by atoms with van der Waals surface area (Å²) in [5.41, 5.74) is 0. The van der Waals surface area contributed by atoms with Crippen molar-refractivity contribution in [3.63, 3.8) is 0 Å². The Morgan fingerprint density at radius 2 is 2.36 bits per heavy atom. The van der Waals surface area contributed by atoms with Crippen molar-refractivity contribution in [1.29, 1.82) is 0 Å². The minimum Gasteiger partial charge on any atom is -0.343 e. The fourth-order valence-corrected chi connectivity index (χ4v) is 2.52. The molecule has 1 atom stereocenters. The molecule has 0 N–H and O–H groups in total. The quantitative estimate of drug-likeness (QED) is 0.585. The maximum Gasteiger partial charge on any atom is 0.209 e. The first kappa shape index (κ1) is 8.91. The van der Waals surface area contributed by atoms with E-state index in [1.807, 2.05) is 16.7 Å². The SMILES string of the molecule is CC(C)C1CN(C=O)CCS1. The van der Waals surface area contributed by atoms with Gasteiger partial charge in [0.15, 0.2) is 0 Å². The van der Waals surface area contributed by atoms with Crippen LogP contribution < -0.4 is 0 Å². The lowest BCUT2D eigenvalue weighted by molar-refractivity contribution is -0.118. The summed E-state index contributed by atoms with van der Waals surface area (Å²) in [5, 5.41) is 0.647. The third-order valence-corrected chi connectivity index (χ3v) is 3.56. The molecule has 0 aliphatic carbocycles. The fourth-order valence-electron chi connectivity index (χ4n) is 1.20. The zero-order chi connectivity index (χ0) is 8.27. The number of amides is 1. The first-order valence-corrected chi connectivity index (χ1v) is 5.10. The minimum atomic E-state index is 0.647. The molecule has 1 amide bonds. The van der Waals surface area contributed by atoms with Crippen molar-refractivity contribution in [3.8, 4) is 0 Å². The Morgan fingerprint density at radius 3 is 2.91 bits per heavy atom. The summed E-state index contributed by atoms with van der Waals surface area (Å²) < 4.78 is 0. The maximum absolute atomic E-state index is 10.4. The van der Waals surface area contributed by atoms with E-state index in [9.17, 15) is 4.79 Å². The predicted molar refractivity (Wildman–Crippen MR) is 48.7 cm³/mol. The van der Waals surface area contributed by atoms with Gasteiger partial charge in [0.05, 0.1) is 0 Å². The highest BCUT2D eigenvalue weighted by atomic mass is 32.2. The van der Waals surface area contributed by atoms with Crippen molar-refractivity contribution in [2.75, 3.05) is 18.8 Å². The van der Waals surface area contributed by atoms with Crippen LogP contribution in [0.15, 0.2) is 0 Å². The molecule has 1 rings (SSSR count). The number of thioether (sulfide) groups is 1. The molecule has 0 radical (unpaired) electrons. The Kier molecular flexibility index (Phi) is 3.24. The largest absolute Gasteiger partial charge is 0.343 e. The van der Waals surface area contributed by atoms with Gasteiger partial charge in [-0.25, -0.2) is 0 Å². The number of hydrogen-bond donors (Lipinski definition) is 0. The Morgan fingerprint density at radius 1 is 1.64 bits per heavy atom. The maximum atomic E-state index is 10.4. The van der Waals surface area contributed by atoms with Gasteiger partial charge in [0.25, 0.3) is 0 Å².